The van der Waals surface area contributed by atoms with Gasteiger partial charge in [-0.2, -0.15) is 9.19 Å². The molecule has 0 radical (unpaired) electrons. The Kier molecular flexibility index (Phi) is 14.0. The van der Waals surface area contributed by atoms with Gasteiger partial charge < -0.3 is 29.2 Å². The zero-order chi connectivity index (χ0) is 51.8. The molecule has 392 valence electrons. The van der Waals surface area contributed by atoms with Gasteiger partial charge in [0.1, 0.15) is 41.4 Å². The minimum Gasteiger partial charge on any atom is -0.494 e. The first-order valence-electron chi connectivity index (χ1n) is 25.7. The summed E-state index contributed by atoms with van der Waals surface area (Å²) < 4.78 is 40.9. The highest BCUT2D eigenvalue weighted by Gasteiger charge is 2.45. The number of amides is 4. The minimum atomic E-state index is -3.50. The number of benzene rings is 2. The van der Waals surface area contributed by atoms with Crippen molar-refractivity contribution in [3.05, 3.63) is 96.3 Å². The van der Waals surface area contributed by atoms with Gasteiger partial charge in [0.2, 0.25) is 11.8 Å². The summed E-state index contributed by atoms with van der Waals surface area (Å²) in [5, 5.41) is 9.21. The van der Waals surface area contributed by atoms with Crippen molar-refractivity contribution >= 4 is 67.7 Å². The maximum absolute atomic E-state index is 13.3. The number of pyridine rings is 1. The molecule has 23 heteroatoms. The second kappa shape index (κ2) is 21.1. The Morgan fingerprint density at radius 2 is 1.48 bits per heavy atom. The topological polar surface area (TPSA) is 235 Å². The number of nitrogens with zero attached hydrogens (tertiary/aromatic N) is 12. The SMILES string of the molecule is CC(C)n1c(COCCN2CCN(c3ccc(OCCCN4CCN(c5ccc6c(c5)C(=O)N(C5CCC(=O)NC5=O)C6=O)CC4)cc3)CC2)nc2cnc(Nc3ccnc(-c4cnn(S(=O)(=O)C5CC5)c4)n3)cc21. The standard InChI is InChI=1S/C52H60N14O8S/c1-34(2)65-44-29-46(57-45-14-15-53-49(58-45)35-30-55-64(32-35)75(71,72)39-9-10-39)54-31-42(44)56-47(65)33-73-27-25-61-19-21-62(22-20-61)36-4-7-38(8-5-36)74-26-3-16-60-17-23-63(24-18-60)37-6-11-40-41(28-37)52(70)66(51(40)69)43-12-13-48(67)59-50(43)68/h4-8,11,14-15,28-32,34,39,43H,3,9-10,12-13,16-27,33H2,1-2H3,(H,59,67,68)(H,53,54,57,58). The molecule has 11 rings (SSSR count). The molecule has 2 aromatic carbocycles. The largest absolute Gasteiger partial charge is 0.494 e. The number of piperidine rings is 1. The summed E-state index contributed by atoms with van der Waals surface area (Å²) in [6, 6.07) is 16.5. The summed E-state index contributed by atoms with van der Waals surface area (Å²) in [6.07, 6.45) is 8.67. The number of carbonyl (C=O) groups excluding carboxylic acids is 4. The van der Waals surface area contributed by atoms with Gasteiger partial charge in [0.25, 0.3) is 21.8 Å². The molecule has 1 aliphatic carbocycles. The van der Waals surface area contributed by atoms with Crippen molar-refractivity contribution in [2.24, 2.45) is 0 Å². The third kappa shape index (κ3) is 10.7. The molecule has 0 spiro atoms. The van der Waals surface area contributed by atoms with E-state index in [1.807, 2.05) is 24.3 Å². The Balaban J connectivity index is 0.586. The van der Waals surface area contributed by atoms with Gasteiger partial charge in [-0.25, -0.2) is 28.4 Å². The average Bonchev–Trinajstić information content (AvgIpc) is 3.97. The number of carbonyl (C=O) groups is 4. The zero-order valence-electron chi connectivity index (χ0n) is 42.0. The normalized spacial score (nSPS) is 18.9. The van der Waals surface area contributed by atoms with Gasteiger partial charge in [0.15, 0.2) is 5.82 Å². The van der Waals surface area contributed by atoms with E-state index >= 15 is 0 Å². The van der Waals surface area contributed by atoms with Crippen molar-refractivity contribution < 1.29 is 37.1 Å². The second-order valence-corrected chi connectivity index (χ2v) is 21.9. The van der Waals surface area contributed by atoms with Crippen LogP contribution in [0.4, 0.5) is 23.0 Å². The van der Waals surface area contributed by atoms with Crippen molar-refractivity contribution in [3.63, 3.8) is 0 Å². The molecular formula is C52H60N14O8S. The highest BCUT2D eigenvalue weighted by atomic mass is 32.2. The van der Waals surface area contributed by atoms with Gasteiger partial charge in [0, 0.05) is 102 Å². The number of hydrogen-bond acceptors (Lipinski definition) is 18. The number of hydrogen-bond donors (Lipinski definition) is 2. The fourth-order valence-corrected chi connectivity index (χ4v) is 11.8. The van der Waals surface area contributed by atoms with Gasteiger partial charge in [0.05, 0.1) is 59.3 Å². The first-order valence-corrected chi connectivity index (χ1v) is 27.2. The summed E-state index contributed by atoms with van der Waals surface area (Å²) in [5.74, 6) is 1.11. The van der Waals surface area contributed by atoms with Crippen LogP contribution in [0.15, 0.2) is 79.4 Å². The maximum Gasteiger partial charge on any atom is 0.262 e. The van der Waals surface area contributed by atoms with Gasteiger partial charge >= 0.3 is 0 Å². The molecule has 1 saturated carbocycles. The van der Waals surface area contributed by atoms with E-state index in [0.29, 0.717) is 61.2 Å². The summed E-state index contributed by atoms with van der Waals surface area (Å²) in [5.41, 5.74) is 4.82. The van der Waals surface area contributed by atoms with Crippen LogP contribution in [0, 0.1) is 0 Å². The molecule has 3 saturated heterocycles. The van der Waals surface area contributed by atoms with Crippen LogP contribution in [0.5, 0.6) is 5.75 Å². The monoisotopic (exact) mass is 1040 g/mol. The van der Waals surface area contributed by atoms with E-state index < -0.39 is 39.7 Å². The quantitative estimate of drug-likeness (QED) is 0.0859. The van der Waals surface area contributed by atoms with Crippen molar-refractivity contribution in [2.75, 3.05) is 93.8 Å². The molecule has 2 N–H and O–H groups in total. The van der Waals surface area contributed by atoms with E-state index in [2.05, 4.69) is 80.8 Å². The van der Waals surface area contributed by atoms with Crippen LogP contribution in [0.2, 0.25) is 0 Å². The number of aromatic nitrogens is 7. The number of imide groups is 2. The zero-order valence-corrected chi connectivity index (χ0v) is 42.8. The fourth-order valence-electron chi connectivity index (χ4n) is 10.3. The van der Waals surface area contributed by atoms with E-state index in [-0.39, 0.29) is 29.7 Å². The van der Waals surface area contributed by atoms with Gasteiger partial charge in [-0.15, -0.1) is 0 Å². The van der Waals surface area contributed by atoms with E-state index in [0.717, 1.165) is 109 Å². The predicted octanol–water partition coefficient (Wildman–Crippen LogP) is 4.08. The summed E-state index contributed by atoms with van der Waals surface area (Å²) >= 11 is 0. The number of ether oxygens (including phenoxy) is 2. The molecule has 4 aliphatic heterocycles. The van der Waals surface area contributed by atoms with Gasteiger partial charge in [-0.05, 0) is 88.1 Å². The third-order valence-corrected chi connectivity index (χ3v) is 16.5. The lowest BCUT2D eigenvalue weighted by molar-refractivity contribution is -0.136. The van der Waals surface area contributed by atoms with E-state index in [4.69, 9.17) is 14.5 Å². The maximum atomic E-state index is 13.3. The molecule has 6 aromatic rings. The average molecular weight is 1040 g/mol. The van der Waals surface area contributed by atoms with Gasteiger partial charge in [-0.1, -0.05) is 0 Å². The van der Waals surface area contributed by atoms with Crippen molar-refractivity contribution in [2.45, 2.75) is 69.9 Å². The number of rotatable bonds is 19. The van der Waals surface area contributed by atoms with Crippen LogP contribution in [-0.4, -0.2) is 170 Å². The smallest absolute Gasteiger partial charge is 0.262 e. The Morgan fingerprint density at radius 1 is 0.760 bits per heavy atom. The summed E-state index contributed by atoms with van der Waals surface area (Å²) in [6.45, 7) is 14.5. The predicted molar refractivity (Wildman–Crippen MR) is 278 cm³/mol. The molecule has 8 heterocycles. The highest BCUT2D eigenvalue weighted by Crippen LogP contribution is 2.33. The number of imidazole rings is 1. The lowest BCUT2D eigenvalue weighted by Gasteiger charge is -2.36. The Labute approximate surface area is 434 Å². The fraction of sp³-hybridized carbons (Fsp3) is 0.442. The van der Waals surface area contributed by atoms with Crippen molar-refractivity contribution in [3.8, 4) is 17.1 Å². The molecule has 4 fully saturated rings. The summed E-state index contributed by atoms with van der Waals surface area (Å²) in [7, 11) is -3.50. The Hall–Kier alpha value is -7.34. The van der Waals surface area contributed by atoms with Crippen LogP contribution >= 0.6 is 0 Å². The van der Waals surface area contributed by atoms with Crippen molar-refractivity contribution in [1.82, 2.24) is 53.7 Å². The first kappa shape index (κ1) is 49.9. The second-order valence-electron chi connectivity index (χ2n) is 19.9. The van der Waals surface area contributed by atoms with Crippen LogP contribution in [0.3, 0.4) is 0 Å². The van der Waals surface area contributed by atoms with Crippen LogP contribution in [0.25, 0.3) is 22.4 Å². The number of piperazine rings is 2. The van der Waals surface area contributed by atoms with E-state index in [1.54, 1.807) is 30.6 Å². The van der Waals surface area contributed by atoms with Crippen LogP contribution < -0.4 is 25.2 Å². The van der Waals surface area contributed by atoms with E-state index in [1.165, 1.54) is 18.1 Å². The molecule has 22 nitrogen and oxygen atoms in total. The molecule has 1 unspecified atom stereocenters. The number of nitrogens with one attached hydrogen (secondary N) is 2. The van der Waals surface area contributed by atoms with E-state index in [9.17, 15) is 27.6 Å². The molecule has 75 heavy (non-hydrogen) atoms. The lowest BCUT2D eigenvalue weighted by Crippen LogP contribution is -2.54. The highest BCUT2D eigenvalue weighted by molar-refractivity contribution is 7.90. The Bertz CT molecular complexity index is 3230. The lowest BCUT2D eigenvalue weighted by atomic mass is 10.0. The molecule has 0 bridgehead atoms. The Morgan fingerprint density at radius 3 is 2.21 bits per heavy atom. The molecule has 4 amide bonds. The van der Waals surface area contributed by atoms with Gasteiger partial charge in [-0.3, -0.25) is 39.2 Å². The minimum absolute atomic E-state index is 0.0870. The first-order chi connectivity index (χ1) is 36.4. The third-order valence-electron chi connectivity index (χ3n) is 14.5. The number of fused-ring (bicyclic) bond motifs is 2. The van der Waals surface area contributed by atoms with Crippen LogP contribution in [-0.2, 0) is 31.0 Å². The summed E-state index contributed by atoms with van der Waals surface area (Å²) in [4.78, 5) is 79.5. The number of anilines is 4. The molecular weight excluding hydrogens is 981 g/mol. The molecule has 5 aliphatic rings. The van der Waals surface area contributed by atoms with Crippen LogP contribution in [0.1, 0.15) is 78.5 Å². The van der Waals surface area contributed by atoms with Crippen molar-refractivity contribution in [1.29, 1.82) is 0 Å². The molecule has 1 atom stereocenters. The molecule has 4 aromatic heterocycles.